The van der Waals surface area contributed by atoms with Crippen LogP contribution in [0.4, 0.5) is 0 Å². The van der Waals surface area contributed by atoms with Crippen molar-refractivity contribution < 1.29 is 4.79 Å². The maximum atomic E-state index is 12.6. The lowest BCUT2D eigenvalue weighted by Gasteiger charge is -2.34. The van der Waals surface area contributed by atoms with Crippen LogP contribution in [0.2, 0.25) is 0 Å². The summed E-state index contributed by atoms with van der Waals surface area (Å²) in [5, 5.41) is 0. The summed E-state index contributed by atoms with van der Waals surface area (Å²) < 4.78 is 0. The Kier molecular flexibility index (Phi) is 4.95. The van der Waals surface area contributed by atoms with Crippen molar-refractivity contribution in [3.05, 3.63) is 35.9 Å². The lowest BCUT2D eigenvalue weighted by Crippen LogP contribution is -2.36. The molecule has 0 saturated heterocycles. The predicted octanol–water partition coefficient (Wildman–Crippen LogP) is 4.90. The highest BCUT2D eigenvalue weighted by molar-refractivity contribution is 5.86. The topological polar surface area (TPSA) is 17.1 Å². The number of benzene rings is 1. The molecule has 1 heteroatoms. The van der Waals surface area contributed by atoms with Gasteiger partial charge in [-0.15, -0.1) is 0 Å². The third-order valence-electron chi connectivity index (χ3n) is 3.67. The molecule has 1 nitrogen and oxygen atoms in total. The van der Waals surface area contributed by atoms with E-state index in [0.29, 0.717) is 5.78 Å². The molecule has 0 aliphatic carbocycles. The number of ketones is 1. The highest BCUT2D eigenvalue weighted by Crippen LogP contribution is 2.36. The van der Waals surface area contributed by atoms with E-state index < -0.39 is 0 Å². The van der Waals surface area contributed by atoms with Gasteiger partial charge in [-0.2, -0.15) is 0 Å². The molecule has 1 aromatic rings. The van der Waals surface area contributed by atoms with E-state index in [0.717, 1.165) is 12.8 Å². The van der Waals surface area contributed by atoms with Gasteiger partial charge in [0.2, 0.25) is 0 Å². The number of aryl methyl sites for hydroxylation is 1. The Morgan fingerprint density at radius 1 is 1.00 bits per heavy atom. The van der Waals surface area contributed by atoms with E-state index >= 15 is 0 Å². The Labute approximate surface area is 118 Å². The molecule has 0 aliphatic heterocycles. The second-order valence-corrected chi connectivity index (χ2v) is 7.56. The molecule has 0 fully saturated rings. The van der Waals surface area contributed by atoms with E-state index in [1.165, 1.54) is 5.56 Å². The molecular weight excluding hydrogens is 232 g/mol. The van der Waals surface area contributed by atoms with E-state index in [9.17, 15) is 4.79 Å². The van der Waals surface area contributed by atoms with Crippen molar-refractivity contribution in [2.24, 2.45) is 16.7 Å². The molecule has 0 spiro atoms. The van der Waals surface area contributed by atoms with Crippen molar-refractivity contribution in [2.75, 3.05) is 0 Å². The first-order valence-corrected chi connectivity index (χ1v) is 7.20. The van der Waals surface area contributed by atoms with Crippen LogP contribution in [0, 0.1) is 16.7 Å². The van der Waals surface area contributed by atoms with E-state index in [1.807, 2.05) is 26.8 Å². The van der Waals surface area contributed by atoms with Crippen molar-refractivity contribution in [1.29, 1.82) is 0 Å². The number of Topliss-reactive ketones (excluding diaryl/α,β-unsaturated/α-hetero) is 1. The zero-order valence-electron chi connectivity index (χ0n) is 13.3. The Morgan fingerprint density at radius 3 is 1.95 bits per heavy atom. The SMILES string of the molecule is CC(C)(C)C(=O)[C@@H](CCc1ccccc1)C(C)(C)C. The highest BCUT2D eigenvalue weighted by Gasteiger charge is 2.36. The maximum Gasteiger partial charge on any atom is 0.141 e. The fourth-order valence-electron chi connectivity index (χ4n) is 2.44. The molecule has 19 heavy (non-hydrogen) atoms. The lowest BCUT2D eigenvalue weighted by atomic mass is 9.69. The predicted molar refractivity (Wildman–Crippen MR) is 82.2 cm³/mol. The summed E-state index contributed by atoms with van der Waals surface area (Å²) in [5.74, 6) is 0.503. The summed E-state index contributed by atoms with van der Waals surface area (Å²) in [6.45, 7) is 12.6. The number of carbonyl (C=O) groups excluding carboxylic acids is 1. The average molecular weight is 260 g/mol. The van der Waals surface area contributed by atoms with Crippen LogP contribution in [0.5, 0.6) is 0 Å². The van der Waals surface area contributed by atoms with Crippen LogP contribution in [0.3, 0.4) is 0 Å². The third-order valence-corrected chi connectivity index (χ3v) is 3.67. The summed E-state index contributed by atoms with van der Waals surface area (Å²) in [7, 11) is 0. The Morgan fingerprint density at radius 2 is 1.53 bits per heavy atom. The quantitative estimate of drug-likeness (QED) is 0.752. The first kappa shape index (κ1) is 15.9. The molecule has 1 aromatic carbocycles. The van der Waals surface area contributed by atoms with Gasteiger partial charge in [-0.3, -0.25) is 4.79 Å². The van der Waals surface area contributed by atoms with Gasteiger partial charge in [-0.05, 0) is 23.8 Å². The maximum absolute atomic E-state index is 12.6. The normalized spacial score (nSPS) is 14.2. The molecule has 1 atom stereocenters. The van der Waals surface area contributed by atoms with E-state index in [-0.39, 0.29) is 16.7 Å². The summed E-state index contributed by atoms with van der Waals surface area (Å²) in [6, 6.07) is 10.4. The van der Waals surface area contributed by atoms with Gasteiger partial charge in [0.15, 0.2) is 0 Å². The highest BCUT2D eigenvalue weighted by atomic mass is 16.1. The first-order chi connectivity index (χ1) is 8.62. The fourth-order valence-corrected chi connectivity index (χ4v) is 2.44. The number of carbonyl (C=O) groups is 1. The van der Waals surface area contributed by atoms with Gasteiger partial charge < -0.3 is 0 Å². The van der Waals surface area contributed by atoms with Crippen molar-refractivity contribution >= 4 is 5.78 Å². The third kappa shape index (κ3) is 4.81. The van der Waals surface area contributed by atoms with Gasteiger partial charge >= 0.3 is 0 Å². The van der Waals surface area contributed by atoms with E-state index in [2.05, 4.69) is 45.0 Å². The van der Waals surface area contributed by atoms with Crippen LogP contribution in [0.15, 0.2) is 30.3 Å². The van der Waals surface area contributed by atoms with Gasteiger partial charge in [-0.25, -0.2) is 0 Å². The van der Waals surface area contributed by atoms with Gasteiger partial charge in [0.25, 0.3) is 0 Å². The van der Waals surface area contributed by atoms with Crippen LogP contribution in [0.25, 0.3) is 0 Å². The van der Waals surface area contributed by atoms with Gasteiger partial charge in [0.05, 0.1) is 0 Å². The van der Waals surface area contributed by atoms with Crippen molar-refractivity contribution in [2.45, 2.75) is 54.4 Å². The molecule has 0 aliphatic rings. The molecule has 0 radical (unpaired) electrons. The number of hydrogen-bond acceptors (Lipinski definition) is 1. The smallest absolute Gasteiger partial charge is 0.141 e. The van der Waals surface area contributed by atoms with Crippen LogP contribution in [0.1, 0.15) is 53.5 Å². The summed E-state index contributed by atoms with van der Waals surface area (Å²) >= 11 is 0. The second-order valence-electron chi connectivity index (χ2n) is 7.56. The molecule has 0 bridgehead atoms. The van der Waals surface area contributed by atoms with Crippen LogP contribution in [-0.4, -0.2) is 5.78 Å². The largest absolute Gasteiger partial charge is 0.299 e. The second kappa shape index (κ2) is 5.90. The molecule has 0 N–H and O–H groups in total. The zero-order valence-corrected chi connectivity index (χ0v) is 13.3. The van der Waals surface area contributed by atoms with Crippen molar-refractivity contribution in [3.63, 3.8) is 0 Å². The fraction of sp³-hybridized carbons (Fsp3) is 0.611. The molecule has 0 heterocycles. The molecule has 0 amide bonds. The van der Waals surface area contributed by atoms with Crippen LogP contribution >= 0.6 is 0 Å². The first-order valence-electron chi connectivity index (χ1n) is 7.20. The van der Waals surface area contributed by atoms with Gasteiger partial charge in [0, 0.05) is 11.3 Å². The summed E-state index contributed by atoms with van der Waals surface area (Å²) in [5.41, 5.74) is 1.09. The molecule has 0 unspecified atom stereocenters. The molecule has 106 valence electrons. The summed E-state index contributed by atoms with van der Waals surface area (Å²) in [4.78, 5) is 12.6. The average Bonchev–Trinajstić information content (AvgIpc) is 2.27. The van der Waals surface area contributed by atoms with Crippen molar-refractivity contribution in [1.82, 2.24) is 0 Å². The standard InChI is InChI=1S/C18H28O/c1-17(2,3)15(16(19)18(4,5)6)13-12-14-10-8-7-9-11-14/h7-11,15H,12-13H2,1-6H3/t15-/m1/s1. The Balaban J connectivity index is 2.80. The van der Waals surface area contributed by atoms with E-state index in [1.54, 1.807) is 0 Å². The monoisotopic (exact) mass is 260 g/mol. The van der Waals surface area contributed by atoms with Crippen molar-refractivity contribution in [3.8, 4) is 0 Å². The minimum absolute atomic E-state index is 0.0269. The van der Waals surface area contributed by atoms with E-state index in [4.69, 9.17) is 0 Å². The lowest BCUT2D eigenvalue weighted by molar-refractivity contribution is -0.134. The molecule has 0 saturated carbocycles. The Hall–Kier alpha value is -1.11. The van der Waals surface area contributed by atoms with Crippen LogP contribution in [-0.2, 0) is 11.2 Å². The molecule has 0 aromatic heterocycles. The van der Waals surface area contributed by atoms with Gasteiger partial charge in [0.1, 0.15) is 5.78 Å². The Bertz CT molecular complexity index is 404. The number of hydrogen-bond donors (Lipinski definition) is 0. The van der Waals surface area contributed by atoms with Gasteiger partial charge in [-0.1, -0.05) is 71.9 Å². The zero-order chi connectivity index (χ0) is 14.7. The number of rotatable bonds is 4. The summed E-state index contributed by atoms with van der Waals surface area (Å²) in [6.07, 6.45) is 1.91. The minimum Gasteiger partial charge on any atom is -0.299 e. The molecular formula is C18H28O. The minimum atomic E-state index is -0.255. The van der Waals surface area contributed by atoms with Crippen LogP contribution < -0.4 is 0 Å². The molecule has 1 rings (SSSR count).